The highest BCUT2D eigenvalue weighted by Crippen LogP contribution is 2.39. The molecule has 184 valence electrons. The van der Waals surface area contributed by atoms with Gasteiger partial charge in [0.05, 0.1) is 24.1 Å². The maximum Gasteiger partial charge on any atom is 0.413 e. The summed E-state index contributed by atoms with van der Waals surface area (Å²) in [6, 6.07) is 5.32. The van der Waals surface area contributed by atoms with Crippen LogP contribution >= 0.6 is 11.6 Å². The van der Waals surface area contributed by atoms with E-state index in [0.717, 1.165) is 31.3 Å². The molecule has 2 aromatic heterocycles. The number of likely N-dealkylation sites (N-methyl/N-ethyl adjacent to an activating group) is 1. The summed E-state index contributed by atoms with van der Waals surface area (Å²) < 4.78 is 48.5. The second kappa shape index (κ2) is 8.59. The molecule has 0 unspecified atom stereocenters. The number of benzene rings is 1. The standard InChI is InChI=1S/C22H20ClF3N6O3/c1-30(20(33)16-11-28-21(34)35-16)19(22(24,25)26)12-4-6-13(7-5-12)31-8-2-3-14-15(31)10-27-18-9-17(23)29-32(14)18/h4-7,9-10,16,19H,2-3,8,11H2,1H3,(H,28,34)/t16-,19-/m0/s1. The highest BCUT2D eigenvalue weighted by molar-refractivity contribution is 6.29. The lowest BCUT2D eigenvalue weighted by molar-refractivity contribution is -0.191. The Bertz CT molecular complexity index is 1300. The number of aryl methyl sites for hydroxylation is 1. The molecule has 0 saturated carbocycles. The third-order valence-corrected chi connectivity index (χ3v) is 6.32. The summed E-state index contributed by atoms with van der Waals surface area (Å²) in [5.74, 6) is -0.937. The first-order valence-corrected chi connectivity index (χ1v) is 11.2. The van der Waals surface area contributed by atoms with Gasteiger partial charge in [0.2, 0.25) is 0 Å². The topological polar surface area (TPSA) is 92.1 Å². The van der Waals surface area contributed by atoms with Crippen LogP contribution in [0.5, 0.6) is 0 Å². The van der Waals surface area contributed by atoms with Crippen LogP contribution in [-0.4, -0.2) is 63.9 Å². The van der Waals surface area contributed by atoms with Gasteiger partial charge in [-0.2, -0.15) is 18.3 Å². The van der Waals surface area contributed by atoms with Gasteiger partial charge in [-0.05, 0) is 30.5 Å². The molecule has 1 aromatic carbocycles. The summed E-state index contributed by atoms with van der Waals surface area (Å²) in [4.78, 5) is 30.7. The van der Waals surface area contributed by atoms with Crippen LogP contribution < -0.4 is 10.2 Å². The van der Waals surface area contributed by atoms with Crippen molar-refractivity contribution in [2.75, 3.05) is 25.0 Å². The Kier molecular flexibility index (Phi) is 5.70. The zero-order valence-corrected chi connectivity index (χ0v) is 19.2. The number of halogens is 4. The van der Waals surface area contributed by atoms with Crippen molar-refractivity contribution in [3.63, 3.8) is 0 Å². The Labute approximate surface area is 202 Å². The third-order valence-electron chi connectivity index (χ3n) is 6.14. The molecule has 1 N–H and O–H groups in total. The van der Waals surface area contributed by atoms with Crippen molar-refractivity contribution >= 4 is 40.6 Å². The number of alkyl carbamates (subject to hydrolysis) is 1. The maximum atomic E-state index is 14.0. The average molecular weight is 509 g/mol. The number of alkyl halides is 3. The van der Waals surface area contributed by atoms with Gasteiger partial charge in [-0.15, -0.1) is 0 Å². The molecule has 35 heavy (non-hydrogen) atoms. The molecule has 9 nitrogen and oxygen atoms in total. The number of amides is 2. The van der Waals surface area contributed by atoms with E-state index in [1.165, 1.54) is 12.1 Å². The number of rotatable bonds is 4. The second-order valence-corrected chi connectivity index (χ2v) is 8.73. The highest BCUT2D eigenvalue weighted by atomic mass is 35.5. The Balaban J connectivity index is 1.44. The highest BCUT2D eigenvalue weighted by Gasteiger charge is 2.47. The molecule has 3 aromatic rings. The van der Waals surface area contributed by atoms with Crippen LogP contribution in [0.1, 0.15) is 23.7 Å². The zero-order chi connectivity index (χ0) is 24.9. The van der Waals surface area contributed by atoms with Crippen LogP contribution in [0.25, 0.3) is 5.65 Å². The lowest BCUT2D eigenvalue weighted by Crippen LogP contribution is -2.45. The van der Waals surface area contributed by atoms with Crippen molar-refractivity contribution in [2.24, 2.45) is 0 Å². The van der Waals surface area contributed by atoms with E-state index in [0.29, 0.717) is 27.9 Å². The van der Waals surface area contributed by atoms with Crippen molar-refractivity contribution in [3.8, 4) is 0 Å². The number of nitrogens with zero attached hydrogens (tertiary/aromatic N) is 5. The predicted molar refractivity (Wildman–Crippen MR) is 120 cm³/mol. The molecule has 2 aliphatic rings. The van der Waals surface area contributed by atoms with Crippen molar-refractivity contribution < 1.29 is 27.5 Å². The molecule has 5 rings (SSSR count). The molecular weight excluding hydrogens is 489 g/mol. The summed E-state index contributed by atoms with van der Waals surface area (Å²) in [5, 5.41) is 6.89. The lowest BCUT2D eigenvalue weighted by Gasteiger charge is -2.33. The van der Waals surface area contributed by atoms with E-state index in [1.807, 2.05) is 4.90 Å². The van der Waals surface area contributed by atoms with Crippen LogP contribution in [0.3, 0.4) is 0 Å². The van der Waals surface area contributed by atoms with Gasteiger partial charge in [0.15, 0.2) is 22.9 Å². The van der Waals surface area contributed by atoms with Crippen molar-refractivity contribution in [2.45, 2.75) is 31.2 Å². The number of nitrogens with one attached hydrogen (secondary N) is 1. The molecule has 2 aliphatic heterocycles. The number of hydrogen-bond donors (Lipinski definition) is 1. The monoisotopic (exact) mass is 508 g/mol. The molecule has 13 heteroatoms. The first kappa shape index (κ1) is 23.2. The molecule has 1 fully saturated rings. The van der Waals surface area contributed by atoms with Crippen molar-refractivity contribution in [3.05, 3.63) is 52.9 Å². The van der Waals surface area contributed by atoms with E-state index in [4.69, 9.17) is 16.3 Å². The largest absolute Gasteiger partial charge is 0.434 e. The molecule has 1 saturated heterocycles. The van der Waals surface area contributed by atoms with Gasteiger partial charge in [-0.25, -0.2) is 14.3 Å². The Morgan fingerprint density at radius 1 is 1.31 bits per heavy atom. The average Bonchev–Trinajstić information content (AvgIpc) is 3.42. The summed E-state index contributed by atoms with van der Waals surface area (Å²) >= 11 is 6.03. The minimum absolute atomic E-state index is 0.112. The first-order valence-electron chi connectivity index (χ1n) is 10.8. The number of fused-ring (bicyclic) bond motifs is 3. The molecule has 0 aliphatic carbocycles. The van der Waals surface area contributed by atoms with Gasteiger partial charge in [-0.1, -0.05) is 23.7 Å². The van der Waals surface area contributed by atoms with Gasteiger partial charge in [0.1, 0.15) is 0 Å². The Morgan fingerprint density at radius 2 is 2.06 bits per heavy atom. The lowest BCUT2D eigenvalue weighted by atomic mass is 10.0. The number of aromatic nitrogens is 3. The summed E-state index contributed by atoms with van der Waals surface area (Å²) in [5.41, 5.74) is 2.90. The van der Waals surface area contributed by atoms with Gasteiger partial charge >= 0.3 is 12.3 Å². The fourth-order valence-electron chi connectivity index (χ4n) is 4.55. The third kappa shape index (κ3) is 4.22. The summed E-state index contributed by atoms with van der Waals surface area (Å²) in [6.45, 7) is 0.471. The maximum absolute atomic E-state index is 14.0. The van der Waals surface area contributed by atoms with Crippen LogP contribution in [0.4, 0.5) is 29.3 Å². The van der Waals surface area contributed by atoms with Crippen LogP contribution in [0, 0.1) is 0 Å². The number of carbonyl (C=O) groups is 2. The van der Waals surface area contributed by atoms with Crippen LogP contribution in [0.2, 0.25) is 5.15 Å². The number of carbonyl (C=O) groups excluding carboxylic acids is 2. The molecule has 0 bridgehead atoms. The molecule has 4 heterocycles. The SMILES string of the molecule is CN(C(=O)[C@@H]1CNC(=O)O1)[C@@H](c1ccc(N2CCCc3c2cnc2cc(Cl)nn32)cc1)C(F)(F)F. The molecule has 0 radical (unpaired) electrons. The molecular formula is C22H20ClF3N6O3. The molecule has 0 spiro atoms. The number of hydrogen-bond acceptors (Lipinski definition) is 6. The van der Waals surface area contributed by atoms with E-state index in [1.54, 1.807) is 28.9 Å². The van der Waals surface area contributed by atoms with Crippen molar-refractivity contribution in [1.29, 1.82) is 0 Å². The number of anilines is 2. The first-order chi connectivity index (χ1) is 16.6. The minimum Gasteiger partial charge on any atom is -0.434 e. The van der Waals surface area contributed by atoms with Crippen LogP contribution in [0.15, 0.2) is 36.5 Å². The van der Waals surface area contributed by atoms with Gasteiger partial charge < -0.3 is 19.9 Å². The van der Waals surface area contributed by atoms with Crippen molar-refractivity contribution in [1.82, 2.24) is 24.8 Å². The molecule has 2 atom stereocenters. The normalized spacial score (nSPS) is 18.7. The van der Waals surface area contributed by atoms with E-state index in [-0.39, 0.29) is 12.1 Å². The van der Waals surface area contributed by atoms with Gasteiger partial charge in [0.25, 0.3) is 5.91 Å². The Morgan fingerprint density at radius 3 is 2.71 bits per heavy atom. The van der Waals surface area contributed by atoms with Gasteiger partial charge in [-0.3, -0.25) is 4.79 Å². The van der Waals surface area contributed by atoms with Crippen LogP contribution in [-0.2, 0) is 16.0 Å². The summed E-state index contributed by atoms with van der Waals surface area (Å²) in [7, 11) is 1.05. The fraction of sp³-hybridized carbons (Fsp3) is 0.364. The second-order valence-electron chi connectivity index (χ2n) is 8.34. The van der Waals surface area contributed by atoms with E-state index in [2.05, 4.69) is 15.4 Å². The number of cyclic esters (lactones) is 1. The Hall–Kier alpha value is -3.54. The predicted octanol–water partition coefficient (Wildman–Crippen LogP) is 3.64. The minimum atomic E-state index is -4.74. The van der Waals surface area contributed by atoms with Gasteiger partial charge in [0, 0.05) is 25.3 Å². The molecule has 2 amide bonds. The zero-order valence-electron chi connectivity index (χ0n) is 18.4. The van der Waals surface area contributed by atoms with E-state index >= 15 is 0 Å². The van der Waals surface area contributed by atoms with E-state index < -0.39 is 30.3 Å². The fourth-order valence-corrected chi connectivity index (χ4v) is 4.72. The smallest absolute Gasteiger partial charge is 0.413 e. The quantitative estimate of drug-likeness (QED) is 0.578. The number of ether oxygens (including phenoxy) is 1. The van der Waals surface area contributed by atoms with E-state index in [9.17, 15) is 22.8 Å². The summed E-state index contributed by atoms with van der Waals surface area (Å²) in [6.07, 6.45) is -3.61.